The van der Waals surface area contributed by atoms with Crippen LogP contribution in [0.5, 0.6) is 0 Å². The highest BCUT2D eigenvalue weighted by Crippen LogP contribution is 2.37. The molecule has 1 fully saturated rings. The van der Waals surface area contributed by atoms with Gasteiger partial charge in [-0.05, 0) is 26.7 Å². The molecule has 3 atom stereocenters. The Morgan fingerprint density at radius 3 is 2.64 bits per heavy atom. The molecule has 0 saturated heterocycles. The molecule has 2 heteroatoms. The summed E-state index contributed by atoms with van der Waals surface area (Å²) in [4.78, 5) is 0. The number of rotatable bonds is 2. The highest BCUT2D eigenvalue weighted by Gasteiger charge is 2.39. The third-order valence-corrected chi connectivity index (χ3v) is 2.94. The minimum Gasteiger partial charge on any atom is -0.390 e. The molecule has 0 heterocycles. The molecule has 66 valence electrons. The van der Waals surface area contributed by atoms with E-state index in [-0.39, 0.29) is 6.10 Å². The molecular weight excluding hydrogens is 140 g/mol. The lowest BCUT2D eigenvalue weighted by Gasteiger charge is -2.29. The standard InChI is InChI=1S/C9H18O2/c1-7(11-3)8-5-4-6-9(8,2)10/h7-8,10H,4-6H2,1-3H3. The Morgan fingerprint density at radius 2 is 2.27 bits per heavy atom. The molecule has 0 bridgehead atoms. The summed E-state index contributed by atoms with van der Waals surface area (Å²) in [5.41, 5.74) is -0.491. The average Bonchev–Trinajstić information content (AvgIpc) is 2.28. The van der Waals surface area contributed by atoms with Gasteiger partial charge in [-0.25, -0.2) is 0 Å². The molecule has 0 radical (unpaired) electrons. The lowest BCUT2D eigenvalue weighted by molar-refractivity contribution is -0.0471. The Labute approximate surface area is 68.6 Å². The van der Waals surface area contributed by atoms with Crippen molar-refractivity contribution >= 4 is 0 Å². The highest BCUT2D eigenvalue weighted by molar-refractivity contribution is 4.91. The number of methoxy groups -OCH3 is 1. The lowest BCUT2D eigenvalue weighted by Crippen LogP contribution is -2.36. The van der Waals surface area contributed by atoms with Gasteiger partial charge in [0, 0.05) is 13.0 Å². The molecule has 0 spiro atoms. The second-order valence-corrected chi connectivity index (χ2v) is 3.80. The van der Waals surface area contributed by atoms with Crippen LogP contribution in [0.15, 0.2) is 0 Å². The maximum absolute atomic E-state index is 9.88. The summed E-state index contributed by atoms with van der Waals surface area (Å²) in [7, 11) is 1.71. The zero-order chi connectivity index (χ0) is 8.48. The van der Waals surface area contributed by atoms with Crippen LogP contribution in [0.1, 0.15) is 33.1 Å². The van der Waals surface area contributed by atoms with E-state index < -0.39 is 5.60 Å². The zero-order valence-electron chi connectivity index (χ0n) is 7.63. The van der Waals surface area contributed by atoms with Crippen LogP contribution in [0, 0.1) is 5.92 Å². The van der Waals surface area contributed by atoms with Gasteiger partial charge in [-0.1, -0.05) is 6.42 Å². The van der Waals surface area contributed by atoms with E-state index in [1.807, 2.05) is 13.8 Å². The molecule has 2 nitrogen and oxygen atoms in total. The van der Waals surface area contributed by atoms with Gasteiger partial charge in [-0.3, -0.25) is 0 Å². The molecule has 0 amide bonds. The Morgan fingerprint density at radius 1 is 1.64 bits per heavy atom. The van der Waals surface area contributed by atoms with Crippen molar-refractivity contribution in [3.8, 4) is 0 Å². The fourth-order valence-electron chi connectivity index (χ4n) is 2.08. The predicted octanol–water partition coefficient (Wildman–Crippen LogP) is 1.57. The van der Waals surface area contributed by atoms with E-state index in [0.717, 1.165) is 19.3 Å². The van der Waals surface area contributed by atoms with Crippen molar-refractivity contribution in [2.24, 2.45) is 5.92 Å². The summed E-state index contributed by atoms with van der Waals surface area (Å²) >= 11 is 0. The predicted molar refractivity (Wildman–Crippen MR) is 44.4 cm³/mol. The maximum atomic E-state index is 9.88. The summed E-state index contributed by atoms with van der Waals surface area (Å²) in [6.45, 7) is 3.95. The van der Waals surface area contributed by atoms with Crippen molar-refractivity contribution < 1.29 is 9.84 Å². The number of hydrogen-bond acceptors (Lipinski definition) is 2. The second-order valence-electron chi connectivity index (χ2n) is 3.80. The lowest BCUT2D eigenvalue weighted by atomic mass is 9.89. The van der Waals surface area contributed by atoms with Crippen molar-refractivity contribution in [2.45, 2.75) is 44.8 Å². The molecule has 1 rings (SSSR count). The van der Waals surface area contributed by atoms with Gasteiger partial charge in [0.05, 0.1) is 11.7 Å². The minimum atomic E-state index is -0.491. The van der Waals surface area contributed by atoms with Crippen LogP contribution in [0.4, 0.5) is 0 Å². The Balaban J connectivity index is 2.57. The number of aliphatic hydroxyl groups is 1. The summed E-state index contributed by atoms with van der Waals surface area (Å²) in [6, 6.07) is 0. The first-order valence-corrected chi connectivity index (χ1v) is 4.33. The SMILES string of the molecule is COC(C)C1CCCC1(C)O. The quantitative estimate of drug-likeness (QED) is 0.661. The van der Waals surface area contributed by atoms with Gasteiger partial charge in [0.2, 0.25) is 0 Å². The van der Waals surface area contributed by atoms with Gasteiger partial charge < -0.3 is 9.84 Å². The van der Waals surface area contributed by atoms with Gasteiger partial charge >= 0.3 is 0 Å². The van der Waals surface area contributed by atoms with Gasteiger partial charge in [0.25, 0.3) is 0 Å². The van der Waals surface area contributed by atoms with Gasteiger partial charge in [0.15, 0.2) is 0 Å². The van der Waals surface area contributed by atoms with Gasteiger partial charge in [-0.15, -0.1) is 0 Å². The Bertz CT molecular complexity index is 132. The minimum absolute atomic E-state index is 0.188. The fraction of sp³-hybridized carbons (Fsp3) is 1.00. The van der Waals surface area contributed by atoms with E-state index in [1.165, 1.54) is 0 Å². The summed E-state index contributed by atoms with van der Waals surface area (Å²) in [5, 5.41) is 9.88. The van der Waals surface area contributed by atoms with Crippen LogP contribution >= 0.6 is 0 Å². The molecule has 0 aromatic rings. The molecule has 11 heavy (non-hydrogen) atoms. The Hall–Kier alpha value is -0.0800. The van der Waals surface area contributed by atoms with Crippen molar-refractivity contribution in [3.63, 3.8) is 0 Å². The summed E-state index contributed by atoms with van der Waals surface area (Å²) in [6.07, 6.45) is 3.34. The van der Waals surface area contributed by atoms with Crippen molar-refractivity contribution in [1.82, 2.24) is 0 Å². The van der Waals surface area contributed by atoms with Crippen LogP contribution in [0.2, 0.25) is 0 Å². The fourth-order valence-corrected chi connectivity index (χ4v) is 2.08. The molecular formula is C9H18O2. The summed E-state index contributed by atoms with van der Waals surface area (Å²) in [5.74, 6) is 0.326. The van der Waals surface area contributed by atoms with Gasteiger partial charge in [0.1, 0.15) is 0 Å². The summed E-state index contributed by atoms with van der Waals surface area (Å²) < 4.78 is 5.21. The highest BCUT2D eigenvalue weighted by atomic mass is 16.5. The largest absolute Gasteiger partial charge is 0.390 e. The molecule has 1 aliphatic rings. The van der Waals surface area contributed by atoms with Crippen molar-refractivity contribution in [1.29, 1.82) is 0 Å². The average molecular weight is 158 g/mol. The van der Waals surface area contributed by atoms with E-state index in [4.69, 9.17) is 4.74 Å². The van der Waals surface area contributed by atoms with E-state index in [0.29, 0.717) is 5.92 Å². The topological polar surface area (TPSA) is 29.5 Å². The molecule has 0 aromatic carbocycles. The first-order valence-electron chi connectivity index (χ1n) is 4.33. The molecule has 1 saturated carbocycles. The van der Waals surface area contributed by atoms with Crippen LogP contribution in [0.3, 0.4) is 0 Å². The zero-order valence-corrected chi connectivity index (χ0v) is 7.63. The normalized spacial score (nSPS) is 40.9. The van der Waals surface area contributed by atoms with E-state index in [1.54, 1.807) is 7.11 Å². The maximum Gasteiger partial charge on any atom is 0.0672 e. The van der Waals surface area contributed by atoms with Crippen molar-refractivity contribution in [2.75, 3.05) is 7.11 Å². The van der Waals surface area contributed by atoms with Crippen molar-refractivity contribution in [3.05, 3.63) is 0 Å². The van der Waals surface area contributed by atoms with Crippen LogP contribution in [-0.2, 0) is 4.74 Å². The van der Waals surface area contributed by atoms with E-state index in [9.17, 15) is 5.11 Å². The second kappa shape index (κ2) is 3.11. The smallest absolute Gasteiger partial charge is 0.0672 e. The molecule has 3 unspecified atom stereocenters. The van der Waals surface area contributed by atoms with E-state index >= 15 is 0 Å². The molecule has 1 aliphatic carbocycles. The van der Waals surface area contributed by atoms with Gasteiger partial charge in [-0.2, -0.15) is 0 Å². The third-order valence-electron chi connectivity index (χ3n) is 2.94. The molecule has 0 aromatic heterocycles. The Kier molecular flexibility index (Phi) is 2.55. The first kappa shape index (κ1) is 9.01. The van der Waals surface area contributed by atoms with Crippen LogP contribution in [0.25, 0.3) is 0 Å². The van der Waals surface area contributed by atoms with Crippen LogP contribution in [-0.4, -0.2) is 23.9 Å². The number of hydrogen-bond donors (Lipinski definition) is 1. The number of ether oxygens (including phenoxy) is 1. The molecule has 0 aliphatic heterocycles. The van der Waals surface area contributed by atoms with Crippen LogP contribution < -0.4 is 0 Å². The monoisotopic (exact) mass is 158 g/mol. The molecule has 1 N–H and O–H groups in total. The van der Waals surface area contributed by atoms with E-state index in [2.05, 4.69) is 0 Å². The first-order chi connectivity index (χ1) is 5.08. The third kappa shape index (κ3) is 1.74.